The lowest BCUT2D eigenvalue weighted by Crippen LogP contribution is -2.52. The molecular weight excluding hydrogens is 443 g/mol. The maximum absolute atomic E-state index is 14.7. The van der Waals surface area contributed by atoms with E-state index in [0.29, 0.717) is 18.8 Å². The Morgan fingerprint density at radius 1 is 1.06 bits per heavy atom. The monoisotopic (exact) mass is 482 g/mol. The number of ether oxygens (including phenoxy) is 2. The quantitative estimate of drug-likeness (QED) is 0.311. The molecule has 0 spiro atoms. The molecule has 1 aliphatic rings. The van der Waals surface area contributed by atoms with Crippen molar-refractivity contribution in [3.63, 3.8) is 0 Å². The predicted octanol–water partition coefficient (Wildman–Crippen LogP) is 5.42. The zero-order valence-electron chi connectivity index (χ0n) is 21.1. The van der Waals surface area contributed by atoms with Crippen molar-refractivity contribution in [2.45, 2.75) is 70.8 Å². The summed E-state index contributed by atoms with van der Waals surface area (Å²) in [7, 11) is 0. The average Bonchev–Trinajstić information content (AvgIpc) is 3.07. The van der Waals surface area contributed by atoms with Crippen molar-refractivity contribution in [2.24, 2.45) is 11.5 Å². The molecule has 6 heteroatoms. The van der Waals surface area contributed by atoms with Gasteiger partial charge in [0.15, 0.2) is 0 Å². The van der Waals surface area contributed by atoms with E-state index in [4.69, 9.17) is 20.9 Å². The number of rotatable bonds is 12. The Balaban J connectivity index is 1.48. The third-order valence-corrected chi connectivity index (χ3v) is 6.56. The van der Waals surface area contributed by atoms with Gasteiger partial charge in [0, 0.05) is 12.1 Å². The van der Waals surface area contributed by atoms with E-state index in [-0.39, 0.29) is 12.4 Å². The van der Waals surface area contributed by atoms with E-state index in [2.05, 4.69) is 18.2 Å². The molecule has 0 aliphatic heterocycles. The van der Waals surface area contributed by atoms with E-state index < -0.39 is 11.5 Å². The van der Waals surface area contributed by atoms with E-state index in [1.807, 2.05) is 25.1 Å². The van der Waals surface area contributed by atoms with Crippen molar-refractivity contribution in [3.8, 4) is 5.75 Å². The topological polar surface area (TPSA) is 87.6 Å². The second-order valence-electron chi connectivity index (χ2n) is 9.57. The minimum absolute atomic E-state index is 0.0614. The number of allylic oxidation sites excluding steroid dienone is 1. The van der Waals surface area contributed by atoms with E-state index in [9.17, 15) is 9.18 Å². The highest BCUT2D eigenvalue weighted by Crippen LogP contribution is 2.33. The first-order chi connectivity index (χ1) is 16.8. The van der Waals surface area contributed by atoms with Crippen LogP contribution in [0.5, 0.6) is 5.75 Å². The third kappa shape index (κ3) is 7.64. The van der Waals surface area contributed by atoms with Gasteiger partial charge < -0.3 is 20.9 Å². The van der Waals surface area contributed by atoms with Gasteiger partial charge in [0.1, 0.15) is 17.1 Å². The van der Waals surface area contributed by atoms with Crippen molar-refractivity contribution < 1.29 is 18.7 Å². The summed E-state index contributed by atoms with van der Waals surface area (Å²) in [6, 6.07) is 11.8. The van der Waals surface area contributed by atoms with Crippen LogP contribution < -0.4 is 16.2 Å². The van der Waals surface area contributed by atoms with Crippen LogP contribution in [0.4, 0.5) is 4.39 Å². The lowest BCUT2D eigenvalue weighted by atomic mass is 9.98. The normalized spacial score (nSPS) is 14.9. The second-order valence-corrected chi connectivity index (χ2v) is 9.57. The highest BCUT2D eigenvalue weighted by atomic mass is 19.1. The summed E-state index contributed by atoms with van der Waals surface area (Å²) in [6.07, 6.45) is 9.42. The number of aryl methyl sites for hydroxylation is 2. The number of unbranched alkanes of at least 4 members (excludes halogenated alkanes) is 3. The zero-order chi connectivity index (χ0) is 25.3. The fourth-order valence-corrected chi connectivity index (χ4v) is 4.17. The number of halogens is 1. The van der Waals surface area contributed by atoms with Crippen LogP contribution in [0.25, 0.3) is 11.6 Å². The molecule has 5 nitrogen and oxygen atoms in total. The van der Waals surface area contributed by atoms with Crippen molar-refractivity contribution in [2.75, 3.05) is 19.8 Å². The summed E-state index contributed by atoms with van der Waals surface area (Å²) in [6.45, 7) is 4.65. The molecule has 0 saturated carbocycles. The Morgan fingerprint density at radius 2 is 1.83 bits per heavy atom. The Kier molecular flexibility index (Phi) is 9.87. The maximum atomic E-state index is 14.7. The number of nitrogens with two attached hydrogens (primary N) is 2. The Labute approximate surface area is 208 Å². The van der Waals surface area contributed by atoms with Crippen LogP contribution in [0.3, 0.4) is 0 Å². The molecule has 0 aromatic heterocycles. The molecular formula is C29H39FN2O3. The van der Waals surface area contributed by atoms with Crippen LogP contribution >= 0.6 is 0 Å². The largest absolute Gasteiger partial charge is 0.494 e. The molecule has 3 rings (SSSR count). The Bertz CT molecular complexity index is 1030. The number of hydrogen-bond donors (Lipinski definition) is 2. The number of hydrogen-bond acceptors (Lipinski definition) is 5. The zero-order valence-corrected chi connectivity index (χ0v) is 21.1. The summed E-state index contributed by atoms with van der Waals surface area (Å²) >= 11 is 0. The van der Waals surface area contributed by atoms with Gasteiger partial charge in [-0.05, 0) is 98.8 Å². The van der Waals surface area contributed by atoms with Crippen LogP contribution in [-0.2, 0) is 22.4 Å². The second kappa shape index (κ2) is 12.8. The fraction of sp³-hybridized carbons (Fsp3) is 0.483. The number of benzene rings is 2. The van der Waals surface area contributed by atoms with Gasteiger partial charge in [-0.2, -0.15) is 0 Å². The van der Waals surface area contributed by atoms with Gasteiger partial charge in [-0.1, -0.05) is 31.2 Å². The van der Waals surface area contributed by atoms with Gasteiger partial charge in [0.25, 0.3) is 0 Å². The predicted molar refractivity (Wildman–Crippen MR) is 140 cm³/mol. The molecule has 0 heterocycles. The van der Waals surface area contributed by atoms with Crippen LogP contribution in [0, 0.1) is 5.82 Å². The van der Waals surface area contributed by atoms with Crippen LogP contribution in [0.15, 0.2) is 36.4 Å². The molecule has 1 aliphatic carbocycles. The lowest BCUT2D eigenvalue weighted by Gasteiger charge is -2.19. The molecule has 2 aromatic rings. The summed E-state index contributed by atoms with van der Waals surface area (Å²) in [5.41, 5.74) is 15.3. The first kappa shape index (κ1) is 26.9. The molecule has 0 fully saturated rings. The van der Waals surface area contributed by atoms with E-state index >= 15 is 0 Å². The van der Waals surface area contributed by atoms with E-state index in [1.165, 1.54) is 5.56 Å². The van der Waals surface area contributed by atoms with Crippen LogP contribution in [0.2, 0.25) is 0 Å². The van der Waals surface area contributed by atoms with Gasteiger partial charge >= 0.3 is 5.97 Å². The molecule has 0 saturated heterocycles. The van der Waals surface area contributed by atoms with Crippen LogP contribution in [0.1, 0.15) is 74.6 Å². The first-order valence-corrected chi connectivity index (χ1v) is 12.8. The smallest absolute Gasteiger partial charge is 0.327 e. The first-order valence-electron chi connectivity index (χ1n) is 12.8. The molecule has 1 unspecified atom stereocenters. The van der Waals surface area contributed by atoms with Crippen molar-refractivity contribution in [3.05, 3.63) is 64.5 Å². The third-order valence-electron chi connectivity index (χ3n) is 6.56. The summed E-state index contributed by atoms with van der Waals surface area (Å²) in [4.78, 5) is 11.8. The summed E-state index contributed by atoms with van der Waals surface area (Å²) < 4.78 is 25.9. The maximum Gasteiger partial charge on any atom is 0.327 e. The molecule has 1 atom stereocenters. The molecule has 4 N–H and O–H groups in total. The standard InChI is InChI=1S/C29H39FN2O3/c1-3-21-11-14-26(27(30)17-21)23-10-8-9-22-12-13-25(19-24(22)18-23)34-15-6-4-5-7-16-35-28(33)29(2,32)20-31/h11-14,17-19H,3-10,15-16,20,31-32H2,1-2H3. The highest BCUT2D eigenvalue weighted by Gasteiger charge is 2.28. The van der Waals surface area contributed by atoms with Gasteiger partial charge in [-0.15, -0.1) is 0 Å². The van der Waals surface area contributed by atoms with Gasteiger partial charge in [-0.3, -0.25) is 4.79 Å². The number of esters is 1. The SMILES string of the molecule is CCc1ccc(C2=Cc3cc(OCCCCCCOC(=O)C(C)(N)CN)ccc3CCC2)c(F)c1. The number of fused-ring (bicyclic) bond motifs is 1. The number of carbonyl (C=O) groups is 1. The molecule has 2 aromatic carbocycles. The van der Waals surface area contributed by atoms with Crippen molar-refractivity contribution >= 4 is 17.6 Å². The van der Waals surface area contributed by atoms with Crippen molar-refractivity contribution in [1.82, 2.24) is 0 Å². The van der Waals surface area contributed by atoms with E-state index in [0.717, 1.165) is 73.8 Å². The average molecular weight is 483 g/mol. The Morgan fingerprint density at radius 3 is 2.54 bits per heavy atom. The highest BCUT2D eigenvalue weighted by molar-refractivity contribution is 5.83. The molecule has 35 heavy (non-hydrogen) atoms. The fourth-order valence-electron chi connectivity index (χ4n) is 4.17. The van der Waals surface area contributed by atoms with Crippen LogP contribution in [-0.4, -0.2) is 31.3 Å². The lowest BCUT2D eigenvalue weighted by molar-refractivity contribution is -0.149. The summed E-state index contributed by atoms with van der Waals surface area (Å²) in [5, 5.41) is 0. The number of carbonyl (C=O) groups excluding carboxylic acids is 1. The van der Waals surface area contributed by atoms with E-state index in [1.54, 1.807) is 13.0 Å². The molecule has 0 radical (unpaired) electrons. The molecule has 0 amide bonds. The summed E-state index contributed by atoms with van der Waals surface area (Å²) in [5.74, 6) is 0.239. The minimum atomic E-state index is -1.12. The van der Waals surface area contributed by atoms with Crippen molar-refractivity contribution in [1.29, 1.82) is 0 Å². The van der Waals surface area contributed by atoms with Gasteiger partial charge in [0.2, 0.25) is 0 Å². The minimum Gasteiger partial charge on any atom is -0.494 e. The molecule has 0 bridgehead atoms. The molecule has 190 valence electrons. The van der Waals surface area contributed by atoms with Gasteiger partial charge in [-0.25, -0.2) is 4.39 Å². The van der Waals surface area contributed by atoms with Gasteiger partial charge in [0.05, 0.1) is 13.2 Å². The Hall–Kier alpha value is -2.70.